The molecular formula is C25H31ClN4O5. The second-order valence-corrected chi connectivity index (χ2v) is 9.50. The first-order valence-electron chi connectivity index (χ1n) is 12.1. The van der Waals surface area contributed by atoms with E-state index < -0.39 is 23.5 Å². The Bertz CT molecular complexity index is 1130. The Kier molecular flexibility index (Phi) is 8.07. The minimum absolute atomic E-state index is 0.132. The molecule has 1 aliphatic heterocycles. The Morgan fingerprint density at radius 3 is 2.80 bits per heavy atom. The van der Waals surface area contributed by atoms with Crippen LogP contribution in [-0.2, 0) is 32.7 Å². The van der Waals surface area contributed by atoms with Crippen molar-refractivity contribution in [3.63, 3.8) is 0 Å². The van der Waals surface area contributed by atoms with Crippen LogP contribution in [0.5, 0.6) is 0 Å². The summed E-state index contributed by atoms with van der Waals surface area (Å²) in [6.45, 7) is 1.67. The third kappa shape index (κ3) is 6.02. The SMILES string of the molecule is O=C(O)[C@H](CCOCCCCc1ccc2c(n1)NCCC2)NC(=O)C1(n2c(Cl)cccc2=O)CC1. The number of nitrogens with zero attached hydrogens (tertiary/aromatic N) is 2. The number of aromatic nitrogens is 2. The van der Waals surface area contributed by atoms with Crippen LogP contribution in [-0.4, -0.2) is 52.3 Å². The summed E-state index contributed by atoms with van der Waals surface area (Å²) in [7, 11) is 0. The van der Waals surface area contributed by atoms with Crippen LogP contribution in [0.1, 0.15) is 49.8 Å². The summed E-state index contributed by atoms with van der Waals surface area (Å²) in [5.41, 5.74) is 0.820. The molecule has 10 heteroatoms. The lowest BCUT2D eigenvalue weighted by Crippen LogP contribution is -2.50. The van der Waals surface area contributed by atoms with Gasteiger partial charge in [0.2, 0.25) is 5.91 Å². The number of hydrogen-bond donors (Lipinski definition) is 3. The van der Waals surface area contributed by atoms with E-state index in [2.05, 4.69) is 27.8 Å². The van der Waals surface area contributed by atoms with E-state index in [1.807, 2.05) is 0 Å². The van der Waals surface area contributed by atoms with E-state index in [0.29, 0.717) is 19.4 Å². The average Bonchev–Trinajstić information content (AvgIpc) is 3.64. The van der Waals surface area contributed by atoms with Crippen molar-refractivity contribution in [1.29, 1.82) is 0 Å². The second-order valence-electron chi connectivity index (χ2n) is 9.12. The highest BCUT2D eigenvalue weighted by molar-refractivity contribution is 6.29. The quantitative estimate of drug-likeness (QED) is 0.301. The molecule has 0 radical (unpaired) electrons. The Balaban J connectivity index is 1.19. The summed E-state index contributed by atoms with van der Waals surface area (Å²) in [4.78, 5) is 41.5. The molecule has 188 valence electrons. The van der Waals surface area contributed by atoms with Crippen molar-refractivity contribution in [2.24, 2.45) is 0 Å². The number of carbonyl (C=O) groups excluding carboxylic acids is 1. The van der Waals surface area contributed by atoms with E-state index in [9.17, 15) is 19.5 Å². The van der Waals surface area contributed by atoms with Crippen molar-refractivity contribution in [3.8, 4) is 0 Å². The topological polar surface area (TPSA) is 123 Å². The van der Waals surface area contributed by atoms with E-state index in [1.165, 1.54) is 28.3 Å². The highest BCUT2D eigenvalue weighted by atomic mass is 35.5. The van der Waals surface area contributed by atoms with Crippen molar-refractivity contribution in [1.82, 2.24) is 14.9 Å². The van der Waals surface area contributed by atoms with Gasteiger partial charge in [-0.3, -0.25) is 14.2 Å². The summed E-state index contributed by atoms with van der Waals surface area (Å²) in [6.07, 6.45) is 5.80. The maximum atomic E-state index is 12.9. The van der Waals surface area contributed by atoms with Crippen molar-refractivity contribution in [2.45, 2.75) is 62.9 Å². The van der Waals surface area contributed by atoms with Crippen LogP contribution in [0.4, 0.5) is 5.82 Å². The van der Waals surface area contributed by atoms with Gasteiger partial charge in [-0.2, -0.15) is 0 Å². The standard InChI is InChI=1S/C25H31ClN4O5/c26-20-7-3-8-21(31)30(20)25(12-13-25)24(34)29-19(23(32)33)11-16-35-15-2-1-6-18-10-9-17-5-4-14-27-22(17)28-18/h3,7-10,19H,1-2,4-6,11-16H2,(H,27,28)(H,29,34)(H,32,33)/t19-/m0/s1. The smallest absolute Gasteiger partial charge is 0.326 e. The number of rotatable bonds is 12. The van der Waals surface area contributed by atoms with Crippen molar-refractivity contribution in [3.05, 3.63) is 57.1 Å². The van der Waals surface area contributed by atoms with Crippen LogP contribution in [0.15, 0.2) is 35.1 Å². The number of anilines is 1. The van der Waals surface area contributed by atoms with Gasteiger partial charge in [-0.1, -0.05) is 23.7 Å². The Hall–Kier alpha value is -2.91. The first kappa shape index (κ1) is 25.2. The molecule has 3 N–H and O–H groups in total. The van der Waals surface area contributed by atoms with E-state index in [4.69, 9.17) is 16.3 Å². The third-order valence-corrected chi connectivity index (χ3v) is 6.85. The van der Waals surface area contributed by atoms with Crippen LogP contribution >= 0.6 is 11.6 Å². The summed E-state index contributed by atoms with van der Waals surface area (Å²) >= 11 is 6.15. The molecule has 0 unspecified atom stereocenters. The van der Waals surface area contributed by atoms with Crippen molar-refractivity contribution < 1.29 is 19.4 Å². The minimum atomic E-state index is -1.14. The molecule has 1 saturated carbocycles. The lowest BCUT2D eigenvalue weighted by atomic mass is 10.1. The molecule has 3 heterocycles. The number of nitrogens with one attached hydrogen (secondary N) is 2. The molecule has 0 spiro atoms. The predicted octanol–water partition coefficient (Wildman–Crippen LogP) is 2.74. The molecule has 0 bridgehead atoms. The molecular weight excluding hydrogens is 472 g/mol. The Morgan fingerprint density at radius 2 is 2.06 bits per heavy atom. The Morgan fingerprint density at radius 1 is 1.23 bits per heavy atom. The van der Waals surface area contributed by atoms with Gasteiger partial charge in [0.1, 0.15) is 22.6 Å². The summed E-state index contributed by atoms with van der Waals surface area (Å²) in [6, 6.07) is 7.51. The van der Waals surface area contributed by atoms with Gasteiger partial charge in [0.15, 0.2) is 0 Å². The number of unbranched alkanes of at least 4 members (excludes halogenated alkanes) is 1. The number of aryl methyl sites for hydroxylation is 2. The number of carboxylic acids is 1. The molecule has 1 aliphatic carbocycles. The van der Waals surface area contributed by atoms with Crippen LogP contribution in [0.3, 0.4) is 0 Å². The van der Waals surface area contributed by atoms with Gasteiger partial charge in [0.05, 0.1) is 0 Å². The molecule has 1 atom stereocenters. The van der Waals surface area contributed by atoms with Crippen LogP contribution in [0.2, 0.25) is 5.15 Å². The fourth-order valence-electron chi connectivity index (χ4n) is 4.42. The zero-order valence-electron chi connectivity index (χ0n) is 19.6. The van der Waals surface area contributed by atoms with E-state index in [1.54, 1.807) is 0 Å². The van der Waals surface area contributed by atoms with Crippen LogP contribution in [0.25, 0.3) is 0 Å². The van der Waals surface area contributed by atoms with Crippen LogP contribution < -0.4 is 16.2 Å². The molecule has 1 amide bonds. The minimum Gasteiger partial charge on any atom is -0.480 e. The van der Waals surface area contributed by atoms with Gasteiger partial charge in [-0.25, -0.2) is 9.78 Å². The van der Waals surface area contributed by atoms with Gasteiger partial charge >= 0.3 is 5.97 Å². The summed E-state index contributed by atoms with van der Waals surface area (Å²) < 4.78 is 6.87. The van der Waals surface area contributed by atoms with Gasteiger partial charge in [0, 0.05) is 37.9 Å². The molecule has 2 aromatic rings. The first-order valence-corrected chi connectivity index (χ1v) is 12.5. The summed E-state index contributed by atoms with van der Waals surface area (Å²) in [5, 5.41) is 15.6. The average molecular weight is 503 g/mol. The number of hydrogen-bond acceptors (Lipinski definition) is 6. The van der Waals surface area contributed by atoms with Crippen molar-refractivity contribution >= 4 is 29.3 Å². The van der Waals surface area contributed by atoms with Crippen molar-refractivity contribution in [2.75, 3.05) is 25.1 Å². The zero-order chi connectivity index (χ0) is 24.8. The number of pyridine rings is 2. The number of halogens is 1. The molecule has 2 aromatic heterocycles. The number of fused-ring (bicyclic) bond motifs is 1. The van der Waals surface area contributed by atoms with E-state index >= 15 is 0 Å². The molecule has 1 fully saturated rings. The number of amides is 1. The number of carboxylic acid groups (broad SMARTS) is 1. The zero-order valence-corrected chi connectivity index (χ0v) is 20.4. The maximum Gasteiger partial charge on any atom is 0.326 e. The maximum absolute atomic E-state index is 12.9. The van der Waals surface area contributed by atoms with Gasteiger partial charge in [-0.15, -0.1) is 0 Å². The third-order valence-electron chi connectivity index (χ3n) is 6.56. The van der Waals surface area contributed by atoms with Gasteiger partial charge in [-0.05, 0) is 62.6 Å². The summed E-state index contributed by atoms with van der Waals surface area (Å²) in [5.74, 6) is -0.650. The molecule has 2 aliphatic rings. The van der Waals surface area contributed by atoms with Crippen LogP contribution in [0, 0.1) is 0 Å². The van der Waals surface area contributed by atoms with Gasteiger partial charge in [0.25, 0.3) is 5.56 Å². The second kappa shape index (κ2) is 11.2. The Labute approximate surface area is 208 Å². The molecule has 0 saturated heterocycles. The molecule has 35 heavy (non-hydrogen) atoms. The predicted molar refractivity (Wildman–Crippen MR) is 132 cm³/mol. The highest BCUT2D eigenvalue weighted by Crippen LogP contribution is 2.44. The largest absolute Gasteiger partial charge is 0.480 e. The first-order chi connectivity index (χ1) is 16.9. The van der Waals surface area contributed by atoms with E-state index in [-0.39, 0.29) is 23.7 Å². The lowest BCUT2D eigenvalue weighted by molar-refractivity contribution is -0.143. The van der Waals surface area contributed by atoms with Gasteiger partial charge < -0.3 is 20.5 Å². The highest BCUT2D eigenvalue weighted by Gasteiger charge is 2.53. The fraction of sp³-hybridized carbons (Fsp3) is 0.520. The number of aliphatic carboxylic acids is 1. The fourth-order valence-corrected chi connectivity index (χ4v) is 4.74. The number of ether oxygens (including phenoxy) is 1. The molecule has 0 aromatic carbocycles. The lowest BCUT2D eigenvalue weighted by Gasteiger charge is -2.22. The number of carbonyl (C=O) groups is 2. The normalized spacial score (nSPS) is 16.6. The molecule has 4 rings (SSSR count). The van der Waals surface area contributed by atoms with E-state index in [0.717, 1.165) is 50.2 Å². The monoisotopic (exact) mass is 502 g/mol. The molecule has 9 nitrogen and oxygen atoms in total.